The summed E-state index contributed by atoms with van der Waals surface area (Å²) < 4.78 is 5.32. The van der Waals surface area contributed by atoms with Crippen LogP contribution < -0.4 is 5.32 Å². The average Bonchev–Trinajstić information content (AvgIpc) is 2.71. The van der Waals surface area contributed by atoms with E-state index in [1.807, 2.05) is 6.92 Å². The summed E-state index contributed by atoms with van der Waals surface area (Å²) in [6, 6.07) is 0.456. The standard InChI is InChI=1S/C15H28N2O2/c1-2-19-12-15(18)17-11-5-3-4-6-14(17)13-7-9-16-10-8-13/h13-14,16H,2-12H2,1H3. The average molecular weight is 268 g/mol. The van der Waals surface area contributed by atoms with Crippen molar-refractivity contribution in [1.82, 2.24) is 10.2 Å². The number of hydrogen-bond acceptors (Lipinski definition) is 3. The molecule has 2 saturated heterocycles. The first-order valence-corrected chi connectivity index (χ1v) is 7.91. The van der Waals surface area contributed by atoms with Gasteiger partial charge < -0.3 is 15.0 Å². The topological polar surface area (TPSA) is 41.6 Å². The fraction of sp³-hybridized carbons (Fsp3) is 0.933. The summed E-state index contributed by atoms with van der Waals surface area (Å²) in [5, 5.41) is 3.42. The maximum absolute atomic E-state index is 12.3. The van der Waals surface area contributed by atoms with Crippen molar-refractivity contribution in [1.29, 1.82) is 0 Å². The molecule has 2 aliphatic rings. The first-order valence-electron chi connectivity index (χ1n) is 7.91. The van der Waals surface area contributed by atoms with Crippen molar-refractivity contribution in [3.63, 3.8) is 0 Å². The molecule has 4 heteroatoms. The van der Waals surface area contributed by atoms with E-state index in [1.165, 1.54) is 32.1 Å². The lowest BCUT2D eigenvalue weighted by Crippen LogP contribution is -2.48. The SMILES string of the molecule is CCOCC(=O)N1CCCCCC1C1CCNCC1. The molecule has 1 amide bonds. The quantitative estimate of drug-likeness (QED) is 0.845. The number of ether oxygens (including phenoxy) is 1. The number of amides is 1. The van der Waals surface area contributed by atoms with Gasteiger partial charge in [0.2, 0.25) is 5.91 Å². The van der Waals surface area contributed by atoms with E-state index >= 15 is 0 Å². The van der Waals surface area contributed by atoms with E-state index in [9.17, 15) is 4.79 Å². The molecule has 110 valence electrons. The maximum atomic E-state index is 12.3. The number of nitrogens with zero attached hydrogens (tertiary/aromatic N) is 1. The van der Waals surface area contributed by atoms with Gasteiger partial charge in [-0.25, -0.2) is 0 Å². The largest absolute Gasteiger partial charge is 0.372 e. The van der Waals surface area contributed by atoms with Gasteiger partial charge in [0.05, 0.1) is 0 Å². The van der Waals surface area contributed by atoms with Gasteiger partial charge in [0, 0.05) is 19.2 Å². The Bertz CT molecular complexity index is 277. The third-order valence-electron chi connectivity index (χ3n) is 4.48. The molecule has 0 bridgehead atoms. The van der Waals surface area contributed by atoms with Gasteiger partial charge in [-0.1, -0.05) is 12.8 Å². The molecule has 2 heterocycles. The Kier molecular flexibility index (Phi) is 6.11. The number of carbonyl (C=O) groups excluding carboxylic acids is 1. The summed E-state index contributed by atoms with van der Waals surface area (Å²) in [6.07, 6.45) is 7.29. The van der Waals surface area contributed by atoms with Crippen molar-refractivity contribution < 1.29 is 9.53 Å². The second-order valence-corrected chi connectivity index (χ2v) is 5.73. The van der Waals surface area contributed by atoms with Crippen molar-refractivity contribution in [3.05, 3.63) is 0 Å². The first kappa shape index (κ1) is 14.8. The van der Waals surface area contributed by atoms with Crippen LogP contribution in [0, 0.1) is 5.92 Å². The van der Waals surface area contributed by atoms with E-state index in [4.69, 9.17) is 4.74 Å². The van der Waals surface area contributed by atoms with Crippen molar-refractivity contribution in [2.24, 2.45) is 5.92 Å². The lowest BCUT2D eigenvalue weighted by atomic mass is 9.87. The first-order chi connectivity index (χ1) is 9.33. The van der Waals surface area contributed by atoms with Crippen molar-refractivity contribution in [2.75, 3.05) is 32.8 Å². The zero-order chi connectivity index (χ0) is 13.5. The third kappa shape index (κ3) is 4.18. The zero-order valence-corrected chi connectivity index (χ0v) is 12.2. The van der Waals surface area contributed by atoms with Gasteiger partial charge in [0.15, 0.2) is 0 Å². The second kappa shape index (κ2) is 7.85. The van der Waals surface area contributed by atoms with Crippen molar-refractivity contribution >= 4 is 5.91 Å². The van der Waals surface area contributed by atoms with Gasteiger partial charge in [-0.3, -0.25) is 4.79 Å². The number of piperidine rings is 1. The van der Waals surface area contributed by atoms with Crippen LogP contribution in [0.3, 0.4) is 0 Å². The highest BCUT2D eigenvalue weighted by molar-refractivity contribution is 5.77. The molecule has 2 aliphatic heterocycles. The Labute approximate surface area is 116 Å². The van der Waals surface area contributed by atoms with Crippen LogP contribution in [0.5, 0.6) is 0 Å². The van der Waals surface area contributed by atoms with Crippen LogP contribution in [0.25, 0.3) is 0 Å². The Morgan fingerprint density at radius 1 is 1.21 bits per heavy atom. The molecule has 2 rings (SSSR count). The minimum absolute atomic E-state index is 0.201. The molecule has 1 unspecified atom stereocenters. The van der Waals surface area contributed by atoms with Crippen molar-refractivity contribution in [2.45, 2.75) is 51.5 Å². The van der Waals surface area contributed by atoms with Crippen LogP contribution in [0.2, 0.25) is 0 Å². The molecule has 4 nitrogen and oxygen atoms in total. The minimum Gasteiger partial charge on any atom is -0.372 e. The summed E-state index contributed by atoms with van der Waals surface area (Å²) in [4.78, 5) is 14.5. The molecule has 0 aromatic heterocycles. The second-order valence-electron chi connectivity index (χ2n) is 5.73. The smallest absolute Gasteiger partial charge is 0.248 e. The van der Waals surface area contributed by atoms with Crippen LogP contribution in [0.15, 0.2) is 0 Å². The number of rotatable bonds is 4. The molecule has 0 spiro atoms. The minimum atomic E-state index is 0.201. The third-order valence-corrected chi connectivity index (χ3v) is 4.48. The summed E-state index contributed by atoms with van der Waals surface area (Å²) in [5.41, 5.74) is 0. The van der Waals surface area contributed by atoms with Gasteiger partial charge in [0.1, 0.15) is 6.61 Å². The van der Waals surface area contributed by atoms with Crippen LogP contribution in [0.1, 0.15) is 45.4 Å². The monoisotopic (exact) mass is 268 g/mol. The fourth-order valence-electron chi connectivity index (χ4n) is 3.44. The van der Waals surface area contributed by atoms with Crippen LogP contribution in [0.4, 0.5) is 0 Å². The lowest BCUT2D eigenvalue weighted by Gasteiger charge is -2.38. The Balaban J connectivity index is 1.99. The van der Waals surface area contributed by atoms with E-state index in [-0.39, 0.29) is 12.5 Å². The Morgan fingerprint density at radius 2 is 2.00 bits per heavy atom. The molecule has 0 aromatic carbocycles. The van der Waals surface area contributed by atoms with Gasteiger partial charge in [-0.05, 0) is 51.6 Å². The van der Waals surface area contributed by atoms with E-state index in [0.717, 1.165) is 26.1 Å². The van der Waals surface area contributed by atoms with E-state index in [2.05, 4.69) is 10.2 Å². The fourth-order valence-corrected chi connectivity index (χ4v) is 3.44. The number of likely N-dealkylation sites (tertiary alicyclic amines) is 1. The zero-order valence-electron chi connectivity index (χ0n) is 12.2. The lowest BCUT2D eigenvalue weighted by molar-refractivity contribution is -0.139. The predicted molar refractivity (Wildman–Crippen MR) is 76.1 cm³/mol. The van der Waals surface area contributed by atoms with Gasteiger partial charge in [-0.15, -0.1) is 0 Å². The van der Waals surface area contributed by atoms with Gasteiger partial charge >= 0.3 is 0 Å². The molecular formula is C15H28N2O2. The highest BCUT2D eigenvalue weighted by Gasteiger charge is 2.32. The molecule has 19 heavy (non-hydrogen) atoms. The highest BCUT2D eigenvalue weighted by atomic mass is 16.5. The van der Waals surface area contributed by atoms with Gasteiger partial charge in [0.25, 0.3) is 0 Å². The molecule has 1 atom stereocenters. The Hall–Kier alpha value is -0.610. The summed E-state index contributed by atoms with van der Waals surface area (Å²) >= 11 is 0. The summed E-state index contributed by atoms with van der Waals surface area (Å²) in [6.45, 7) is 5.97. The van der Waals surface area contributed by atoms with E-state index < -0.39 is 0 Å². The maximum Gasteiger partial charge on any atom is 0.248 e. The Morgan fingerprint density at radius 3 is 2.74 bits per heavy atom. The molecule has 0 aromatic rings. The number of hydrogen-bond donors (Lipinski definition) is 1. The van der Waals surface area contributed by atoms with Crippen LogP contribution >= 0.6 is 0 Å². The molecule has 0 radical (unpaired) electrons. The normalized spacial score (nSPS) is 26.2. The molecular weight excluding hydrogens is 240 g/mol. The molecule has 0 aliphatic carbocycles. The summed E-state index contributed by atoms with van der Waals surface area (Å²) in [5.74, 6) is 0.886. The van der Waals surface area contributed by atoms with E-state index in [1.54, 1.807) is 0 Å². The highest BCUT2D eigenvalue weighted by Crippen LogP contribution is 2.28. The van der Waals surface area contributed by atoms with Crippen LogP contribution in [-0.4, -0.2) is 49.7 Å². The van der Waals surface area contributed by atoms with Gasteiger partial charge in [-0.2, -0.15) is 0 Å². The predicted octanol–water partition coefficient (Wildman–Crippen LogP) is 1.79. The molecule has 1 N–H and O–H groups in total. The number of carbonyl (C=O) groups is 1. The van der Waals surface area contributed by atoms with E-state index in [0.29, 0.717) is 18.6 Å². The molecule has 0 saturated carbocycles. The molecule has 2 fully saturated rings. The van der Waals surface area contributed by atoms with Crippen LogP contribution in [-0.2, 0) is 9.53 Å². The summed E-state index contributed by atoms with van der Waals surface area (Å²) in [7, 11) is 0. The van der Waals surface area contributed by atoms with Crippen molar-refractivity contribution in [3.8, 4) is 0 Å². The number of nitrogens with one attached hydrogen (secondary N) is 1.